The predicted molar refractivity (Wildman–Crippen MR) is 82.4 cm³/mol. The minimum Gasteiger partial charge on any atom is -0.398 e. The highest BCUT2D eigenvalue weighted by molar-refractivity contribution is 9.11. The molecule has 0 fully saturated rings. The van der Waals surface area contributed by atoms with Crippen molar-refractivity contribution in [3.8, 4) is 0 Å². The fraction of sp³-hybridized carbons (Fsp3) is 0.455. The van der Waals surface area contributed by atoms with Crippen LogP contribution in [0.1, 0.15) is 19.8 Å². The number of aliphatic hydroxyl groups is 1. The Morgan fingerprint density at radius 3 is 2.58 bits per heavy atom. The van der Waals surface area contributed by atoms with Gasteiger partial charge in [-0.25, -0.2) is 13.1 Å². The van der Waals surface area contributed by atoms with Crippen LogP contribution in [0.5, 0.6) is 0 Å². The van der Waals surface area contributed by atoms with E-state index in [9.17, 15) is 13.5 Å². The largest absolute Gasteiger partial charge is 0.398 e. The van der Waals surface area contributed by atoms with Crippen LogP contribution >= 0.6 is 31.9 Å². The first-order valence-electron chi connectivity index (χ1n) is 5.70. The van der Waals surface area contributed by atoms with Gasteiger partial charge in [-0.1, -0.05) is 22.9 Å². The van der Waals surface area contributed by atoms with E-state index < -0.39 is 16.1 Å². The average molecular weight is 416 g/mol. The van der Waals surface area contributed by atoms with E-state index in [2.05, 4.69) is 36.6 Å². The quantitative estimate of drug-likeness (QED) is 0.621. The first-order valence-corrected chi connectivity index (χ1v) is 8.77. The third-order valence-corrected chi connectivity index (χ3v) is 5.47. The van der Waals surface area contributed by atoms with Crippen molar-refractivity contribution < 1.29 is 13.5 Å². The smallest absolute Gasteiger partial charge is 0.243 e. The standard InChI is InChI=1S/C11H16Br2N2O3S/c1-2-8(16)3-4-15-19(17,18)11-9(13)5-7(12)6-10(11)14/h5-6,8,15-16H,2-4,14H2,1H3. The van der Waals surface area contributed by atoms with Crippen LogP contribution in [0, 0.1) is 0 Å². The molecule has 1 rings (SSSR count). The van der Waals surface area contributed by atoms with Crippen LogP contribution < -0.4 is 10.5 Å². The summed E-state index contributed by atoms with van der Waals surface area (Å²) in [7, 11) is -3.70. The van der Waals surface area contributed by atoms with Crippen LogP contribution in [0.2, 0.25) is 0 Å². The van der Waals surface area contributed by atoms with Crippen molar-refractivity contribution >= 4 is 47.6 Å². The van der Waals surface area contributed by atoms with Crippen LogP contribution in [-0.2, 0) is 10.0 Å². The van der Waals surface area contributed by atoms with Crippen molar-refractivity contribution in [2.24, 2.45) is 0 Å². The number of benzene rings is 1. The van der Waals surface area contributed by atoms with Gasteiger partial charge in [0.1, 0.15) is 4.90 Å². The summed E-state index contributed by atoms with van der Waals surface area (Å²) in [6.07, 6.45) is 0.448. The molecule has 0 aliphatic heterocycles. The van der Waals surface area contributed by atoms with Gasteiger partial charge in [-0.3, -0.25) is 0 Å². The monoisotopic (exact) mass is 414 g/mol. The van der Waals surface area contributed by atoms with E-state index in [1.165, 1.54) is 6.07 Å². The van der Waals surface area contributed by atoms with E-state index >= 15 is 0 Å². The number of aliphatic hydroxyl groups excluding tert-OH is 1. The summed E-state index contributed by atoms with van der Waals surface area (Å²) in [5.74, 6) is 0. The number of nitrogens with one attached hydrogen (secondary N) is 1. The average Bonchev–Trinajstić information content (AvgIpc) is 2.26. The molecule has 0 radical (unpaired) electrons. The molecule has 4 N–H and O–H groups in total. The zero-order valence-electron chi connectivity index (χ0n) is 10.4. The highest BCUT2D eigenvalue weighted by atomic mass is 79.9. The lowest BCUT2D eigenvalue weighted by Crippen LogP contribution is -2.28. The van der Waals surface area contributed by atoms with Crippen molar-refractivity contribution in [3.63, 3.8) is 0 Å². The Labute approximate surface area is 129 Å². The van der Waals surface area contributed by atoms with Gasteiger partial charge in [-0.05, 0) is 40.9 Å². The zero-order chi connectivity index (χ0) is 14.6. The van der Waals surface area contributed by atoms with Crippen LogP contribution in [-0.4, -0.2) is 26.2 Å². The molecule has 0 amide bonds. The molecule has 8 heteroatoms. The number of halogens is 2. The second-order valence-corrected chi connectivity index (χ2v) is 7.53. The maximum atomic E-state index is 12.1. The summed E-state index contributed by atoms with van der Waals surface area (Å²) < 4.78 is 27.8. The lowest BCUT2D eigenvalue weighted by Gasteiger charge is -2.12. The predicted octanol–water partition coefficient (Wildman–Crippen LogP) is 2.23. The Balaban J connectivity index is 2.89. The number of nitrogen functional groups attached to an aromatic ring is 1. The molecule has 1 atom stereocenters. The first-order chi connectivity index (χ1) is 8.77. The van der Waals surface area contributed by atoms with E-state index in [1.54, 1.807) is 6.07 Å². The maximum Gasteiger partial charge on any atom is 0.243 e. The molecule has 1 aromatic carbocycles. The number of hydrogen-bond acceptors (Lipinski definition) is 4. The lowest BCUT2D eigenvalue weighted by atomic mass is 10.2. The molecule has 1 unspecified atom stereocenters. The fourth-order valence-electron chi connectivity index (χ4n) is 1.50. The van der Waals surface area contributed by atoms with Gasteiger partial charge >= 0.3 is 0 Å². The van der Waals surface area contributed by atoms with E-state index in [4.69, 9.17) is 5.73 Å². The SMILES string of the molecule is CCC(O)CCNS(=O)(=O)c1c(N)cc(Br)cc1Br. The third kappa shape index (κ3) is 4.71. The summed E-state index contributed by atoms with van der Waals surface area (Å²) in [4.78, 5) is 0.0155. The van der Waals surface area contributed by atoms with Crippen LogP contribution in [0.15, 0.2) is 26.0 Å². The Kier molecular flexibility index (Phi) is 6.25. The number of anilines is 1. The molecule has 0 aromatic heterocycles. The minimum atomic E-state index is -3.70. The summed E-state index contributed by atoms with van der Waals surface area (Å²) >= 11 is 6.43. The highest BCUT2D eigenvalue weighted by Gasteiger charge is 2.21. The number of nitrogens with two attached hydrogens (primary N) is 1. The lowest BCUT2D eigenvalue weighted by molar-refractivity contribution is 0.162. The van der Waals surface area contributed by atoms with Gasteiger partial charge in [0.05, 0.1) is 11.8 Å². The van der Waals surface area contributed by atoms with Crippen LogP contribution in [0.25, 0.3) is 0 Å². The molecule has 0 aliphatic carbocycles. The molecule has 0 bridgehead atoms. The number of hydrogen-bond donors (Lipinski definition) is 3. The van der Waals surface area contributed by atoms with E-state index in [-0.39, 0.29) is 17.1 Å². The minimum absolute atomic E-state index is 0.0155. The fourth-order valence-corrected chi connectivity index (χ4v) is 4.61. The molecule has 0 heterocycles. The van der Waals surface area contributed by atoms with Gasteiger partial charge in [0.15, 0.2) is 0 Å². The summed E-state index contributed by atoms with van der Waals surface area (Å²) in [5.41, 5.74) is 5.89. The van der Waals surface area contributed by atoms with E-state index in [1.807, 2.05) is 6.92 Å². The molecule has 5 nitrogen and oxygen atoms in total. The Hall–Kier alpha value is -0.150. The zero-order valence-corrected chi connectivity index (χ0v) is 14.3. The van der Waals surface area contributed by atoms with Gasteiger partial charge in [-0.15, -0.1) is 0 Å². The molecule has 1 aromatic rings. The highest BCUT2D eigenvalue weighted by Crippen LogP contribution is 2.31. The van der Waals surface area contributed by atoms with Crippen LogP contribution in [0.4, 0.5) is 5.69 Å². The molecule has 108 valence electrons. The van der Waals surface area contributed by atoms with Gasteiger partial charge < -0.3 is 10.8 Å². The second kappa shape index (κ2) is 7.03. The molecule has 0 spiro atoms. The second-order valence-electron chi connectivity index (χ2n) is 4.05. The summed E-state index contributed by atoms with van der Waals surface area (Å²) in [6.45, 7) is 2.00. The molecule has 19 heavy (non-hydrogen) atoms. The van der Waals surface area contributed by atoms with Gasteiger partial charge in [0.25, 0.3) is 0 Å². The van der Waals surface area contributed by atoms with Crippen molar-refractivity contribution in [1.82, 2.24) is 4.72 Å². The number of rotatable bonds is 6. The van der Waals surface area contributed by atoms with Crippen molar-refractivity contribution in [3.05, 3.63) is 21.1 Å². The molecule has 0 saturated heterocycles. The van der Waals surface area contributed by atoms with Crippen molar-refractivity contribution in [2.75, 3.05) is 12.3 Å². The topological polar surface area (TPSA) is 92.4 Å². The maximum absolute atomic E-state index is 12.1. The summed E-state index contributed by atoms with van der Waals surface area (Å²) in [6, 6.07) is 3.14. The van der Waals surface area contributed by atoms with Gasteiger partial charge in [-0.2, -0.15) is 0 Å². The summed E-state index contributed by atoms with van der Waals surface area (Å²) in [5, 5.41) is 9.40. The van der Waals surface area contributed by atoms with Gasteiger partial charge in [0.2, 0.25) is 10.0 Å². The third-order valence-electron chi connectivity index (χ3n) is 2.55. The molecular weight excluding hydrogens is 400 g/mol. The van der Waals surface area contributed by atoms with Crippen molar-refractivity contribution in [2.45, 2.75) is 30.8 Å². The van der Waals surface area contributed by atoms with Gasteiger partial charge in [0, 0.05) is 15.5 Å². The molecule has 0 saturated carbocycles. The Bertz CT molecular complexity index is 526. The Morgan fingerprint density at radius 2 is 2.05 bits per heavy atom. The first kappa shape index (κ1) is 16.9. The normalized spacial score (nSPS) is 13.5. The van der Waals surface area contributed by atoms with Crippen LogP contribution in [0.3, 0.4) is 0 Å². The van der Waals surface area contributed by atoms with E-state index in [0.29, 0.717) is 21.8 Å². The Morgan fingerprint density at radius 1 is 1.42 bits per heavy atom. The van der Waals surface area contributed by atoms with Crippen molar-refractivity contribution in [1.29, 1.82) is 0 Å². The number of sulfonamides is 1. The van der Waals surface area contributed by atoms with E-state index in [0.717, 1.165) is 0 Å². The molecule has 0 aliphatic rings. The molecular formula is C11H16Br2N2O3S.